The molecule has 0 saturated heterocycles. The lowest BCUT2D eigenvalue weighted by molar-refractivity contribution is 0.0944. The molecule has 2 aromatic heterocycles. The first-order valence-corrected chi connectivity index (χ1v) is 7.11. The summed E-state index contributed by atoms with van der Waals surface area (Å²) < 4.78 is 0.732. The number of carbonyl (C=O) groups excluding carboxylic acids is 1. The lowest BCUT2D eigenvalue weighted by atomic mass is 10.2. The van der Waals surface area contributed by atoms with E-state index in [1.807, 2.05) is 26.0 Å². The Morgan fingerprint density at radius 1 is 1.53 bits per heavy atom. The van der Waals surface area contributed by atoms with Crippen molar-refractivity contribution in [2.45, 2.75) is 19.9 Å². The van der Waals surface area contributed by atoms with Gasteiger partial charge in [0.2, 0.25) is 0 Å². The van der Waals surface area contributed by atoms with Crippen molar-refractivity contribution < 1.29 is 4.79 Å². The van der Waals surface area contributed by atoms with Gasteiger partial charge in [-0.2, -0.15) is 0 Å². The number of aromatic nitrogens is 1. The number of halogens is 1. The number of hydrogen-bond donors (Lipinski definition) is 1. The van der Waals surface area contributed by atoms with E-state index >= 15 is 0 Å². The molecule has 0 aliphatic rings. The van der Waals surface area contributed by atoms with Crippen LogP contribution in [0.1, 0.15) is 33.2 Å². The van der Waals surface area contributed by atoms with Crippen molar-refractivity contribution in [3.8, 4) is 0 Å². The van der Waals surface area contributed by atoms with Crippen molar-refractivity contribution in [2.75, 3.05) is 0 Å². The van der Waals surface area contributed by atoms with Crippen molar-refractivity contribution in [2.24, 2.45) is 0 Å². The number of carbonyl (C=O) groups is 1. The van der Waals surface area contributed by atoms with E-state index in [9.17, 15) is 4.79 Å². The number of nitrogens with one attached hydrogen (secondary N) is 1. The van der Waals surface area contributed by atoms with Gasteiger partial charge in [-0.15, -0.1) is 22.7 Å². The van der Waals surface area contributed by atoms with Gasteiger partial charge in [0.15, 0.2) is 0 Å². The number of rotatable bonds is 3. The fourth-order valence-electron chi connectivity index (χ4n) is 1.41. The van der Waals surface area contributed by atoms with Crippen LogP contribution in [0.2, 0.25) is 4.34 Å². The van der Waals surface area contributed by atoms with Crippen LogP contribution < -0.4 is 5.32 Å². The van der Waals surface area contributed by atoms with Gasteiger partial charge in [-0.1, -0.05) is 11.6 Å². The summed E-state index contributed by atoms with van der Waals surface area (Å²) in [7, 11) is 0. The number of amides is 1. The number of aryl methyl sites for hydroxylation is 1. The molecule has 2 heterocycles. The number of thiazole rings is 1. The van der Waals surface area contributed by atoms with Crippen LogP contribution >= 0.6 is 34.3 Å². The van der Waals surface area contributed by atoms with Gasteiger partial charge < -0.3 is 5.32 Å². The maximum Gasteiger partial charge on any atom is 0.263 e. The lowest BCUT2D eigenvalue weighted by Crippen LogP contribution is -2.25. The van der Waals surface area contributed by atoms with Crippen molar-refractivity contribution in [1.29, 1.82) is 0 Å². The molecule has 1 N–H and O–H groups in total. The zero-order valence-electron chi connectivity index (χ0n) is 9.36. The van der Waals surface area contributed by atoms with Gasteiger partial charge in [0, 0.05) is 4.88 Å². The Balaban J connectivity index is 2.07. The normalized spacial score (nSPS) is 12.4. The molecule has 0 aliphatic carbocycles. The first kappa shape index (κ1) is 12.5. The Morgan fingerprint density at radius 3 is 2.82 bits per heavy atom. The maximum atomic E-state index is 11.9. The molecule has 0 fully saturated rings. The smallest absolute Gasteiger partial charge is 0.263 e. The Labute approximate surface area is 112 Å². The van der Waals surface area contributed by atoms with Gasteiger partial charge in [0.05, 0.1) is 21.6 Å². The first-order chi connectivity index (χ1) is 8.08. The van der Waals surface area contributed by atoms with Crippen molar-refractivity contribution in [1.82, 2.24) is 10.3 Å². The summed E-state index contributed by atoms with van der Waals surface area (Å²) in [5.74, 6) is -0.0815. The molecular weight excluding hydrogens is 276 g/mol. The Kier molecular flexibility index (Phi) is 3.81. The third kappa shape index (κ3) is 2.86. The fourth-order valence-corrected chi connectivity index (χ4v) is 3.18. The topological polar surface area (TPSA) is 42.0 Å². The summed E-state index contributed by atoms with van der Waals surface area (Å²) in [6, 6.07) is 3.72. The second kappa shape index (κ2) is 5.16. The summed E-state index contributed by atoms with van der Waals surface area (Å²) in [4.78, 5) is 17.7. The van der Waals surface area contributed by atoms with E-state index in [4.69, 9.17) is 11.6 Å². The van der Waals surface area contributed by atoms with Crippen LogP contribution in [0, 0.1) is 6.92 Å². The summed E-state index contributed by atoms with van der Waals surface area (Å²) in [6.45, 7) is 3.77. The summed E-state index contributed by atoms with van der Waals surface area (Å²) in [6.07, 6.45) is 0. The number of thiophene rings is 1. The van der Waals surface area contributed by atoms with Crippen molar-refractivity contribution in [3.05, 3.63) is 37.4 Å². The molecule has 0 radical (unpaired) electrons. The van der Waals surface area contributed by atoms with E-state index in [0.29, 0.717) is 4.88 Å². The minimum absolute atomic E-state index is 0.0403. The predicted molar refractivity (Wildman–Crippen MR) is 72.1 cm³/mol. The van der Waals surface area contributed by atoms with E-state index in [1.54, 1.807) is 5.51 Å². The monoisotopic (exact) mass is 286 g/mol. The quantitative estimate of drug-likeness (QED) is 0.936. The van der Waals surface area contributed by atoms with E-state index in [1.165, 1.54) is 22.7 Å². The highest BCUT2D eigenvalue weighted by Gasteiger charge is 2.16. The molecule has 3 nitrogen and oxygen atoms in total. The first-order valence-electron chi connectivity index (χ1n) is 5.04. The average Bonchev–Trinajstić information content (AvgIpc) is 2.86. The van der Waals surface area contributed by atoms with Gasteiger partial charge in [-0.05, 0) is 26.0 Å². The van der Waals surface area contributed by atoms with Crippen LogP contribution in [0.25, 0.3) is 0 Å². The van der Waals surface area contributed by atoms with Gasteiger partial charge in [-0.25, -0.2) is 4.98 Å². The zero-order valence-corrected chi connectivity index (χ0v) is 11.7. The Hall–Kier alpha value is -0.910. The molecule has 90 valence electrons. The van der Waals surface area contributed by atoms with Crippen molar-refractivity contribution in [3.63, 3.8) is 0 Å². The number of hydrogen-bond acceptors (Lipinski definition) is 4. The van der Waals surface area contributed by atoms with Crippen LogP contribution in [0.15, 0.2) is 17.6 Å². The summed E-state index contributed by atoms with van der Waals surface area (Å²) >= 11 is 8.70. The van der Waals surface area contributed by atoms with Crippen LogP contribution in [0.3, 0.4) is 0 Å². The molecule has 0 aliphatic heterocycles. The minimum atomic E-state index is -0.0815. The predicted octanol–water partition coefficient (Wildman–Crippen LogP) is 3.66. The van der Waals surface area contributed by atoms with E-state index in [-0.39, 0.29) is 11.9 Å². The van der Waals surface area contributed by atoms with Gasteiger partial charge >= 0.3 is 0 Å². The zero-order chi connectivity index (χ0) is 12.4. The van der Waals surface area contributed by atoms with E-state index in [2.05, 4.69) is 10.3 Å². The highest BCUT2D eigenvalue weighted by molar-refractivity contribution is 7.16. The third-order valence-electron chi connectivity index (χ3n) is 2.32. The van der Waals surface area contributed by atoms with Gasteiger partial charge in [0.25, 0.3) is 5.91 Å². The van der Waals surface area contributed by atoms with Crippen LogP contribution in [0.5, 0.6) is 0 Å². The highest BCUT2D eigenvalue weighted by atomic mass is 35.5. The van der Waals surface area contributed by atoms with Crippen LogP contribution in [-0.2, 0) is 0 Å². The molecule has 6 heteroatoms. The Bertz CT molecular complexity index is 535. The molecule has 1 atom stereocenters. The molecule has 0 spiro atoms. The minimum Gasteiger partial charge on any atom is -0.344 e. The molecule has 0 bridgehead atoms. The van der Waals surface area contributed by atoms with Gasteiger partial charge in [-0.3, -0.25) is 4.79 Å². The van der Waals surface area contributed by atoms with Gasteiger partial charge in [0.1, 0.15) is 4.88 Å². The molecule has 17 heavy (non-hydrogen) atoms. The van der Waals surface area contributed by atoms with Crippen LogP contribution in [-0.4, -0.2) is 10.9 Å². The molecule has 0 aromatic carbocycles. The Morgan fingerprint density at radius 2 is 2.29 bits per heavy atom. The average molecular weight is 287 g/mol. The maximum absolute atomic E-state index is 11.9. The molecule has 2 rings (SSSR count). The second-order valence-electron chi connectivity index (χ2n) is 3.60. The molecule has 2 aromatic rings. The largest absolute Gasteiger partial charge is 0.344 e. The highest BCUT2D eigenvalue weighted by Crippen LogP contribution is 2.27. The van der Waals surface area contributed by atoms with Crippen molar-refractivity contribution >= 4 is 40.2 Å². The second-order valence-corrected chi connectivity index (χ2v) is 6.21. The standard InChI is InChI=1S/C11H11ClN2OS2/c1-6(8-3-4-9(12)17-8)14-11(15)10-7(2)13-5-16-10/h3-6H,1-2H3,(H,14,15)/t6-/m0/s1. The third-order valence-corrected chi connectivity index (χ3v) is 4.66. The van der Waals surface area contributed by atoms with E-state index < -0.39 is 0 Å². The molecule has 0 saturated carbocycles. The lowest BCUT2D eigenvalue weighted by Gasteiger charge is -2.11. The SMILES string of the molecule is Cc1ncsc1C(=O)N[C@@H](C)c1ccc(Cl)s1. The fraction of sp³-hybridized carbons (Fsp3) is 0.273. The molecule has 1 amide bonds. The van der Waals surface area contributed by atoms with E-state index in [0.717, 1.165) is 14.9 Å². The number of nitrogens with zero attached hydrogens (tertiary/aromatic N) is 1. The summed E-state index contributed by atoms with van der Waals surface area (Å²) in [5, 5.41) is 2.94. The van der Waals surface area contributed by atoms with Crippen LogP contribution in [0.4, 0.5) is 0 Å². The summed E-state index contributed by atoms with van der Waals surface area (Å²) in [5.41, 5.74) is 2.45. The molecular formula is C11H11ClN2OS2. The molecule has 0 unspecified atom stereocenters.